The topological polar surface area (TPSA) is 29.3 Å². The third-order valence-corrected chi connectivity index (χ3v) is 3.88. The third-order valence-electron chi connectivity index (χ3n) is 3.15. The molecule has 0 radical (unpaired) electrons. The molecule has 0 aromatic heterocycles. The van der Waals surface area contributed by atoms with E-state index in [0.717, 1.165) is 18.2 Å². The normalized spacial score (nSPS) is 15.4. The Morgan fingerprint density at radius 2 is 1.88 bits per heavy atom. The van der Waals surface area contributed by atoms with Crippen LogP contribution in [-0.2, 0) is 0 Å². The highest BCUT2D eigenvalue weighted by molar-refractivity contribution is 6.42. The second kappa shape index (κ2) is 4.95. The van der Waals surface area contributed by atoms with Crippen molar-refractivity contribution in [2.24, 2.45) is 5.92 Å². The summed E-state index contributed by atoms with van der Waals surface area (Å²) in [5.41, 5.74) is 7.74. The Labute approximate surface area is 113 Å². The summed E-state index contributed by atoms with van der Waals surface area (Å²) in [5.74, 6) is 0.811. The lowest BCUT2D eigenvalue weighted by atomic mass is 10.2. The monoisotopic (exact) mass is 272 g/mol. The van der Waals surface area contributed by atoms with Gasteiger partial charge in [0.1, 0.15) is 0 Å². The van der Waals surface area contributed by atoms with Crippen molar-refractivity contribution >= 4 is 34.6 Å². The molecule has 1 aromatic rings. The largest absolute Gasteiger partial charge is 0.397 e. The number of benzene rings is 1. The first-order valence-electron chi connectivity index (χ1n) is 6.00. The van der Waals surface area contributed by atoms with Crippen molar-refractivity contribution < 1.29 is 0 Å². The first-order valence-corrected chi connectivity index (χ1v) is 6.75. The van der Waals surface area contributed by atoms with Gasteiger partial charge < -0.3 is 10.6 Å². The molecule has 2 rings (SSSR count). The standard InChI is InChI=1S/C13H18Cl2N2/c1-8(2)17(7-9-3-4-9)13-6-11(15)10(14)5-12(13)16/h5-6,8-9H,3-4,7,16H2,1-2H3. The Balaban J connectivity index is 2.30. The molecule has 94 valence electrons. The van der Waals surface area contributed by atoms with Gasteiger partial charge in [-0.15, -0.1) is 0 Å². The highest BCUT2D eigenvalue weighted by Crippen LogP contribution is 2.37. The summed E-state index contributed by atoms with van der Waals surface area (Å²) in [6, 6.07) is 4.03. The predicted molar refractivity (Wildman–Crippen MR) is 76.1 cm³/mol. The van der Waals surface area contributed by atoms with Crippen LogP contribution in [0.5, 0.6) is 0 Å². The number of halogens is 2. The lowest BCUT2D eigenvalue weighted by Crippen LogP contribution is -2.33. The number of nitrogens with zero attached hydrogens (tertiary/aromatic N) is 1. The lowest BCUT2D eigenvalue weighted by Gasteiger charge is -2.30. The van der Waals surface area contributed by atoms with Crippen molar-refractivity contribution in [2.45, 2.75) is 32.7 Å². The average Bonchev–Trinajstić information content (AvgIpc) is 3.04. The molecule has 0 spiro atoms. The molecule has 17 heavy (non-hydrogen) atoms. The molecule has 0 amide bonds. The Bertz CT molecular complexity index is 414. The zero-order valence-corrected chi connectivity index (χ0v) is 11.7. The molecule has 1 aliphatic rings. The van der Waals surface area contributed by atoms with Crippen molar-refractivity contribution in [1.29, 1.82) is 0 Å². The molecule has 2 N–H and O–H groups in total. The van der Waals surface area contributed by atoms with E-state index in [-0.39, 0.29) is 0 Å². The summed E-state index contributed by atoms with van der Waals surface area (Å²) < 4.78 is 0. The van der Waals surface area contributed by atoms with E-state index in [1.807, 2.05) is 6.07 Å². The van der Waals surface area contributed by atoms with E-state index in [4.69, 9.17) is 28.9 Å². The predicted octanol–water partition coefficient (Wildman–Crippen LogP) is 4.20. The minimum absolute atomic E-state index is 0.412. The molecule has 2 nitrogen and oxygen atoms in total. The third kappa shape index (κ3) is 2.99. The summed E-state index contributed by atoms with van der Waals surface area (Å²) in [5, 5.41) is 1.08. The van der Waals surface area contributed by atoms with Crippen LogP contribution in [0.4, 0.5) is 11.4 Å². The van der Waals surface area contributed by atoms with Gasteiger partial charge in [0.05, 0.1) is 21.4 Å². The second-order valence-electron chi connectivity index (χ2n) is 5.01. The van der Waals surface area contributed by atoms with Gasteiger partial charge >= 0.3 is 0 Å². The van der Waals surface area contributed by atoms with E-state index in [0.29, 0.717) is 21.8 Å². The molecule has 0 unspecified atom stereocenters. The number of hydrogen-bond donors (Lipinski definition) is 1. The molecule has 1 fully saturated rings. The average molecular weight is 273 g/mol. The number of anilines is 2. The Hall–Kier alpha value is -0.600. The number of rotatable bonds is 4. The minimum Gasteiger partial charge on any atom is -0.397 e. The Kier molecular flexibility index (Phi) is 3.74. The van der Waals surface area contributed by atoms with Crippen LogP contribution < -0.4 is 10.6 Å². The molecule has 0 atom stereocenters. The molecule has 0 bridgehead atoms. The summed E-state index contributed by atoms with van der Waals surface area (Å²) in [6.07, 6.45) is 2.65. The Morgan fingerprint density at radius 3 is 2.41 bits per heavy atom. The van der Waals surface area contributed by atoms with E-state index in [1.54, 1.807) is 6.07 Å². The highest BCUT2D eigenvalue weighted by atomic mass is 35.5. The van der Waals surface area contributed by atoms with E-state index >= 15 is 0 Å². The lowest BCUT2D eigenvalue weighted by molar-refractivity contribution is 0.645. The zero-order chi connectivity index (χ0) is 12.6. The minimum atomic E-state index is 0.412. The molecule has 4 heteroatoms. The van der Waals surface area contributed by atoms with Gasteiger partial charge in [0.15, 0.2) is 0 Å². The van der Waals surface area contributed by atoms with Gasteiger partial charge in [0.2, 0.25) is 0 Å². The zero-order valence-electron chi connectivity index (χ0n) is 10.2. The maximum absolute atomic E-state index is 6.07. The van der Waals surface area contributed by atoms with Crippen molar-refractivity contribution in [2.75, 3.05) is 17.2 Å². The molecule has 1 aromatic carbocycles. The van der Waals surface area contributed by atoms with Crippen LogP contribution in [0.2, 0.25) is 10.0 Å². The first-order chi connectivity index (χ1) is 7.99. The van der Waals surface area contributed by atoms with Crippen molar-refractivity contribution in [3.8, 4) is 0 Å². The van der Waals surface area contributed by atoms with Gasteiger partial charge in [-0.1, -0.05) is 23.2 Å². The van der Waals surface area contributed by atoms with E-state index in [9.17, 15) is 0 Å². The van der Waals surface area contributed by atoms with Crippen molar-refractivity contribution in [3.05, 3.63) is 22.2 Å². The van der Waals surface area contributed by atoms with Crippen molar-refractivity contribution in [1.82, 2.24) is 0 Å². The number of nitrogens with two attached hydrogens (primary N) is 1. The molecular formula is C13H18Cl2N2. The number of nitrogen functional groups attached to an aromatic ring is 1. The van der Waals surface area contributed by atoms with Gasteiger partial charge in [-0.25, -0.2) is 0 Å². The quantitative estimate of drug-likeness (QED) is 0.833. The Morgan fingerprint density at radius 1 is 1.29 bits per heavy atom. The molecule has 0 saturated heterocycles. The van der Waals surface area contributed by atoms with Crippen LogP contribution in [0.15, 0.2) is 12.1 Å². The van der Waals surface area contributed by atoms with E-state index in [1.165, 1.54) is 12.8 Å². The first kappa shape index (κ1) is 12.8. The van der Waals surface area contributed by atoms with E-state index < -0.39 is 0 Å². The highest BCUT2D eigenvalue weighted by Gasteiger charge is 2.26. The smallest absolute Gasteiger partial charge is 0.0618 e. The van der Waals surface area contributed by atoms with Crippen molar-refractivity contribution in [3.63, 3.8) is 0 Å². The van der Waals surface area contributed by atoms with Crippen LogP contribution in [0.1, 0.15) is 26.7 Å². The van der Waals surface area contributed by atoms with Gasteiger partial charge in [0.25, 0.3) is 0 Å². The van der Waals surface area contributed by atoms with Crippen LogP contribution in [0.3, 0.4) is 0 Å². The number of hydrogen-bond acceptors (Lipinski definition) is 2. The summed E-state index contributed by atoms with van der Waals surface area (Å²) in [6.45, 7) is 5.40. The fourth-order valence-electron chi connectivity index (χ4n) is 1.97. The van der Waals surface area contributed by atoms with Crippen LogP contribution in [0, 0.1) is 5.92 Å². The fourth-order valence-corrected chi connectivity index (χ4v) is 2.30. The molecular weight excluding hydrogens is 255 g/mol. The molecule has 0 aliphatic heterocycles. The second-order valence-corrected chi connectivity index (χ2v) is 5.83. The van der Waals surface area contributed by atoms with E-state index in [2.05, 4.69) is 18.7 Å². The summed E-state index contributed by atoms with van der Waals surface area (Å²) in [4.78, 5) is 2.31. The van der Waals surface area contributed by atoms with Crippen LogP contribution in [-0.4, -0.2) is 12.6 Å². The van der Waals surface area contributed by atoms with Gasteiger partial charge in [-0.2, -0.15) is 0 Å². The van der Waals surface area contributed by atoms with Gasteiger partial charge in [-0.05, 0) is 44.7 Å². The maximum atomic E-state index is 6.07. The molecule has 1 aliphatic carbocycles. The van der Waals surface area contributed by atoms with Gasteiger partial charge in [-0.3, -0.25) is 0 Å². The summed E-state index contributed by atoms with van der Waals surface area (Å²) in [7, 11) is 0. The maximum Gasteiger partial charge on any atom is 0.0618 e. The molecule has 0 heterocycles. The fraction of sp³-hybridized carbons (Fsp3) is 0.538. The SMILES string of the molecule is CC(C)N(CC1CC1)c1cc(Cl)c(Cl)cc1N. The van der Waals surface area contributed by atoms with Crippen LogP contribution >= 0.6 is 23.2 Å². The van der Waals surface area contributed by atoms with Gasteiger partial charge in [0, 0.05) is 12.6 Å². The molecule has 1 saturated carbocycles. The summed E-state index contributed by atoms with van der Waals surface area (Å²) >= 11 is 12.0. The van der Waals surface area contributed by atoms with Crippen LogP contribution in [0.25, 0.3) is 0 Å².